The van der Waals surface area contributed by atoms with Gasteiger partial charge in [0.2, 0.25) is 0 Å². The molecule has 1 aromatic heterocycles. The van der Waals surface area contributed by atoms with Crippen LogP contribution in [0, 0.1) is 0 Å². The van der Waals surface area contributed by atoms with Gasteiger partial charge in [-0.3, -0.25) is 4.79 Å². The highest BCUT2D eigenvalue weighted by molar-refractivity contribution is 5.91. The second kappa shape index (κ2) is 7.02. The molecule has 1 aliphatic heterocycles. The first-order valence-corrected chi connectivity index (χ1v) is 7.66. The molecule has 1 saturated heterocycles. The van der Waals surface area contributed by atoms with Crippen molar-refractivity contribution in [3.63, 3.8) is 0 Å². The molecule has 1 N–H and O–H groups in total. The van der Waals surface area contributed by atoms with E-state index in [0.717, 1.165) is 0 Å². The second-order valence-electron chi connectivity index (χ2n) is 6.52. The molecule has 0 unspecified atom stereocenters. The Labute approximate surface area is 140 Å². The standard InChI is InChI=1S/C16H22FN3O4/c1-16(2,3)24-15(22)20-8-11(17)13(9-20)23-10-5-6-12(19-7-10)14(21)18-4/h5-7,11,13H,8-9H2,1-4H3,(H,18,21)/t11-,13-/m1/s1. The maximum Gasteiger partial charge on any atom is 0.410 e. The zero-order chi connectivity index (χ0) is 17.9. The molecule has 2 atom stereocenters. The van der Waals surface area contributed by atoms with Gasteiger partial charge in [0.15, 0.2) is 6.17 Å². The van der Waals surface area contributed by atoms with Crippen molar-refractivity contribution in [3.8, 4) is 5.75 Å². The van der Waals surface area contributed by atoms with Crippen molar-refractivity contribution in [1.29, 1.82) is 0 Å². The van der Waals surface area contributed by atoms with Crippen LogP contribution in [-0.2, 0) is 4.74 Å². The number of likely N-dealkylation sites (tertiary alicyclic amines) is 1. The van der Waals surface area contributed by atoms with Crippen LogP contribution in [0.4, 0.5) is 9.18 Å². The Balaban J connectivity index is 1.96. The average Bonchev–Trinajstić information content (AvgIpc) is 2.87. The summed E-state index contributed by atoms with van der Waals surface area (Å²) < 4.78 is 24.9. The highest BCUT2D eigenvalue weighted by atomic mass is 19.1. The van der Waals surface area contributed by atoms with Crippen molar-refractivity contribution < 1.29 is 23.5 Å². The fraction of sp³-hybridized carbons (Fsp3) is 0.562. The average molecular weight is 339 g/mol. The van der Waals surface area contributed by atoms with E-state index in [4.69, 9.17) is 9.47 Å². The van der Waals surface area contributed by atoms with Gasteiger partial charge in [-0.1, -0.05) is 0 Å². The Morgan fingerprint density at radius 1 is 1.33 bits per heavy atom. The Bertz CT molecular complexity index is 600. The largest absolute Gasteiger partial charge is 0.484 e. The Hall–Kier alpha value is -2.38. The Kier molecular flexibility index (Phi) is 5.26. The van der Waals surface area contributed by atoms with Crippen molar-refractivity contribution in [2.45, 2.75) is 38.6 Å². The van der Waals surface area contributed by atoms with Crippen LogP contribution in [0.3, 0.4) is 0 Å². The second-order valence-corrected chi connectivity index (χ2v) is 6.52. The molecule has 0 spiro atoms. The lowest BCUT2D eigenvalue weighted by Gasteiger charge is -2.24. The first kappa shape index (κ1) is 18.0. The third kappa shape index (κ3) is 4.56. The number of carbonyl (C=O) groups excluding carboxylic acids is 2. The maximum absolute atomic E-state index is 14.1. The molecule has 24 heavy (non-hydrogen) atoms. The predicted octanol–water partition coefficient (Wildman–Crippen LogP) is 1.78. The molecular formula is C16H22FN3O4. The van der Waals surface area contributed by atoms with Gasteiger partial charge in [-0.15, -0.1) is 0 Å². The molecule has 132 valence electrons. The molecule has 0 saturated carbocycles. The number of amides is 2. The van der Waals surface area contributed by atoms with Crippen LogP contribution < -0.4 is 10.1 Å². The van der Waals surface area contributed by atoms with Gasteiger partial charge in [0.25, 0.3) is 5.91 Å². The lowest BCUT2D eigenvalue weighted by atomic mass is 10.2. The predicted molar refractivity (Wildman–Crippen MR) is 84.7 cm³/mol. The molecule has 0 aliphatic carbocycles. The van der Waals surface area contributed by atoms with Gasteiger partial charge in [0.1, 0.15) is 23.1 Å². The van der Waals surface area contributed by atoms with Gasteiger partial charge >= 0.3 is 6.09 Å². The van der Waals surface area contributed by atoms with E-state index in [2.05, 4.69) is 10.3 Å². The summed E-state index contributed by atoms with van der Waals surface area (Å²) in [5, 5.41) is 2.46. The van der Waals surface area contributed by atoms with Gasteiger partial charge in [-0.25, -0.2) is 14.2 Å². The van der Waals surface area contributed by atoms with Crippen molar-refractivity contribution in [2.24, 2.45) is 0 Å². The minimum Gasteiger partial charge on any atom is -0.484 e. The van der Waals surface area contributed by atoms with E-state index in [-0.39, 0.29) is 24.7 Å². The van der Waals surface area contributed by atoms with Crippen LogP contribution >= 0.6 is 0 Å². The van der Waals surface area contributed by atoms with E-state index >= 15 is 0 Å². The van der Waals surface area contributed by atoms with Crippen molar-refractivity contribution >= 4 is 12.0 Å². The number of ether oxygens (including phenoxy) is 2. The summed E-state index contributed by atoms with van der Waals surface area (Å²) in [6.45, 7) is 5.27. The summed E-state index contributed by atoms with van der Waals surface area (Å²) in [6, 6.07) is 3.03. The van der Waals surface area contributed by atoms with Gasteiger partial charge < -0.3 is 19.7 Å². The lowest BCUT2D eigenvalue weighted by Crippen LogP contribution is -2.36. The smallest absolute Gasteiger partial charge is 0.410 e. The number of aromatic nitrogens is 1. The van der Waals surface area contributed by atoms with Crippen LogP contribution in [0.25, 0.3) is 0 Å². The van der Waals surface area contributed by atoms with Crippen LogP contribution in [0.15, 0.2) is 18.3 Å². The van der Waals surface area contributed by atoms with E-state index in [9.17, 15) is 14.0 Å². The fourth-order valence-corrected chi connectivity index (χ4v) is 2.21. The summed E-state index contributed by atoms with van der Waals surface area (Å²) in [6.07, 6.45) is -1.33. The normalized spacial score (nSPS) is 20.6. The van der Waals surface area contributed by atoms with Crippen LogP contribution in [0.2, 0.25) is 0 Å². The molecule has 7 nitrogen and oxygen atoms in total. The highest BCUT2D eigenvalue weighted by Crippen LogP contribution is 2.22. The van der Waals surface area contributed by atoms with E-state index in [1.54, 1.807) is 26.8 Å². The number of nitrogens with one attached hydrogen (secondary N) is 1. The van der Waals surface area contributed by atoms with Crippen molar-refractivity contribution in [2.75, 3.05) is 20.1 Å². The molecule has 2 amide bonds. The van der Waals surface area contributed by atoms with E-state index in [0.29, 0.717) is 5.75 Å². The Morgan fingerprint density at radius 3 is 2.58 bits per heavy atom. The molecule has 1 fully saturated rings. The Morgan fingerprint density at radius 2 is 2.04 bits per heavy atom. The van der Waals surface area contributed by atoms with Crippen LogP contribution in [-0.4, -0.2) is 59.9 Å². The summed E-state index contributed by atoms with van der Waals surface area (Å²) in [7, 11) is 1.51. The SMILES string of the molecule is CNC(=O)c1ccc(O[C@@H]2CN(C(=O)OC(C)(C)C)C[C@H]2F)cn1. The molecule has 0 bridgehead atoms. The van der Waals surface area contributed by atoms with Crippen molar-refractivity contribution in [3.05, 3.63) is 24.0 Å². The topological polar surface area (TPSA) is 80.8 Å². The number of carbonyl (C=O) groups is 2. The lowest BCUT2D eigenvalue weighted by molar-refractivity contribution is 0.0273. The molecule has 2 heterocycles. The van der Waals surface area contributed by atoms with E-state index < -0.39 is 24.0 Å². The monoisotopic (exact) mass is 339 g/mol. The van der Waals surface area contributed by atoms with Gasteiger partial charge in [0.05, 0.1) is 19.3 Å². The molecule has 1 aromatic rings. The van der Waals surface area contributed by atoms with Gasteiger partial charge in [-0.2, -0.15) is 0 Å². The minimum atomic E-state index is -1.32. The molecule has 2 rings (SSSR count). The quantitative estimate of drug-likeness (QED) is 0.908. The van der Waals surface area contributed by atoms with E-state index in [1.807, 2.05) is 0 Å². The summed E-state index contributed by atoms with van der Waals surface area (Å²) in [5.74, 6) is 0.0169. The fourth-order valence-electron chi connectivity index (χ4n) is 2.21. The van der Waals surface area contributed by atoms with Crippen LogP contribution in [0.1, 0.15) is 31.3 Å². The number of alkyl halides is 1. The van der Waals surface area contributed by atoms with Crippen LogP contribution in [0.5, 0.6) is 5.75 Å². The number of pyridine rings is 1. The zero-order valence-corrected chi connectivity index (χ0v) is 14.2. The number of hydrogen-bond donors (Lipinski definition) is 1. The molecular weight excluding hydrogens is 317 g/mol. The summed E-state index contributed by atoms with van der Waals surface area (Å²) >= 11 is 0. The van der Waals surface area contributed by atoms with E-state index in [1.165, 1.54) is 24.2 Å². The van der Waals surface area contributed by atoms with Gasteiger partial charge in [-0.05, 0) is 32.9 Å². The first-order valence-electron chi connectivity index (χ1n) is 7.66. The summed E-state index contributed by atoms with van der Waals surface area (Å²) in [5.41, 5.74) is -0.398. The number of hydrogen-bond acceptors (Lipinski definition) is 5. The number of halogens is 1. The highest BCUT2D eigenvalue weighted by Gasteiger charge is 2.39. The summed E-state index contributed by atoms with van der Waals surface area (Å²) in [4.78, 5) is 28.6. The number of rotatable bonds is 3. The van der Waals surface area contributed by atoms with Crippen molar-refractivity contribution in [1.82, 2.24) is 15.2 Å². The van der Waals surface area contributed by atoms with Gasteiger partial charge in [0, 0.05) is 7.05 Å². The first-order chi connectivity index (χ1) is 11.2. The molecule has 0 aromatic carbocycles. The zero-order valence-electron chi connectivity index (χ0n) is 14.2. The molecule has 8 heteroatoms. The third-order valence-corrected chi connectivity index (χ3v) is 3.33. The molecule has 0 radical (unpaired) electrons. The minimum absolute atomic E-state index is 0.0800. The third-order valence-electron chi connectivity index (χ3n) is 3.33. The number of nitrogens with zero attached hydrogens (tertiary/aromatic N) is 2. The molecule has 1 aliphatic rings. The maximum atomic E-state index is 14.1.